The lowest BCUT2D eigenvalue weighted by Crippen LogP contribution is -2.37. The lowest BCUT2D eigenvalue weighted by atomic mass is 10.0. The minimum absolute atomic E-state index is 0.657. The van der Waals surface area contributed by atoms with Crippen LogP contribution in [0.2, 0.25) is 0 Å². The molecule has 1 saturated heterocycles. The molecule has 0 saturated carbocycles. The van der Waals surface area contributed by atoms with E-state index in [4.69, 9.17) is 6.42 Å². The van der Waals surface area contributed by atoms with Gasteiger partial charge in [-0.05, 0) is 56.9 Å². The number of rotatable bonds is 1. The summed E-state index contributed by atoms with van der Waals surface area (Å²) in [5.74, 6) is 2.72. The van der Waals surface area contributed by atoms with Crippen molar-refractivity contribution in [2.75, 3.05) is 11.4 Å². The van der Waals surface area contributed by atoms with Crippen LogP contribution in [-0.2, 0) is 0 Å². The molecule has 84 valence electrons. The number of nitrogens with zero attached hydrogens (tertiary/aromatic N) is 1. The van der Waals surface area contributed by atoms with E-state index < -0.39 is 0 Å². The Morgan fingerprint density at radius 1 is 1.38 bits per heavy atom. The molecule has 0 bridgehead atoms. The van der Waals surface area contributed by atoms with Gasteiger partial charge in [-0.3, -0.25) is 0 Å². The van der Waals surface area contributed by atoms with Crippen molar-refractivity contribution in [3.63, 3.8) is 0 Å². The van der Waals surface area contributed by atoms with Gasteiger partial charge in [-0.1, -0.05) is 5.92 Å². The van der Waals surface area contributed by atoms with Crippen molar-refractivity contribution in [3.05, 3.63) is 29.3 Å². The van der Waals surface area contributed by atoms with Gasteiger partial charge < -0.3 is 4.90 Å². The predicted octanol–water partition coefficient (Wildman–Crippen LogP) is 3.36. The third kappa shape index (κ3) is 2.07. The first-order valence-electron chi connectivity index (χ1n) is 6.06. The Hall–Kier alpha value is -1.42. The SMILES string of the molecule is C#Cc1ccc(N2CCCCC2C)cc1C. The molecule has 16 heavy (non-hydrogen) atoms. The predicted molar refractivity (Wildman–Crippen MR) is 69.8 cm³/mol. The Morgan fingerprint density at radius 3 is 2.81 bits per heavy atom. The largest absolute Gasteiger partial charge is 0.369 e. The highest BCUT2D eigenvalue weighted by Crippen LogP contribution is 2.26. The Balaban J connectivity index is 2.27. The lowest BCUT2D eigenvalue weighted by molar-refractivity contribution is 0.485. The van der Waals surface area contributed by atoms with Crippen LogP contribution in [-0.4, -0.2) is 12.6 Å². The fourth-order valence-corrected chi connectivity index (χ4v) is 2.47. The van der Waals surface area contributed by atoms with Crippen LogP contribution in [0.4, 0.5) is 5.69 Å². The monoisotopic (exact) mass is 213 g/mol. The van der Waals surface area contributed by atoms with Gasteiger partial charge in [0, 0.05) is 23.8 Å². The average Bonchev–Trinajstić information content (AvgIpc) is 2.29. The van der Waals surface area contributed by atoms with E-state index in [2.05, 4.69) is 42.9 Å². The first-order valence-corrected chi connectivity index (χ1v) is 6.06. The van der Waals surface area contributed by atoms with Gasteiger partial charge in [-0.25, -0.2) is 0 Å². The quantitative estimate of drug-likeness (QED) is 0.647. The number of benzene rings is 1. The van der Waals surface area contributed by atoms with Gasteiger partial charge in [0.05, 0.1) is 0 Å². The van der Waals surface area contributed by atoms with E-state index in [1.54, 1.807) is 0 Å². The Kier molecular flexibility index (Phi) is 3.19. The smallest absolute Gasteiger partial charge is 0.0372 e. The zero-order chi connectivity index (χ0) is 11.5. The van der Waals surface area contributed by atoms with Crippen molar-refractivity contribution in [2.45, 2.75) is 39.2 Å². The topological polar surface area (TPSA) is 3.24 Å². The number of anilines is 1. The summed E-state index contributed by atoms with van der Waals surface area (Å²) in [7, 11) is 0. The van der Waals surface area contributed by atoms with Crippen molar-refractivity contribution in [1.82, 2.24) is 0 Å². The van der Waals surface area contributed by atoms with Gasteiger partial charge >= 0.3 is 0 Å². The molecule has 1 nitrogen and oxygen atoms in total. The van der Waals surface area contributed by atoms with E-state index >= 15 is 0 Å². The van der Waals surface area contributed by atoms with Crippen molar-refractivity contribution < 1.29 is 0 Å². The summed E-state index contributed by atoms with van der Waals surface area (Å²) in [5.41, 5.74) is 3.54. The normalized spacial score (nSPS) is 20.6. The third-order valence-corrected chi connectivity index (χ3v) is 3.50. The number of piperidine rings is 1. The second-order valence-corrected chi connectivity index (χ2v) is 4.68. The van der Waals surface area contributed by atoms with E-state index in [1.165, 1.54) is 37.1 Å². The first-order chi connectivity index (χ1) is 7.72. The van der Waals surface area contributed by atoms with Crippen molar-refractivity contribution >= 4 is 5.69 Å². The second kappa shape index (κ2) is 4.61. The van der Waals surface area contributed by atoms with E-state index in [9.17, 15) is 0 Å². The molecule has 1 aromatic rings. The molecule has 1 fully saturated rings. The van der Waals surface area contributed by atoms with Crippen LogP contribution < -0.4 is 4.90 Å². The second-order valence-electron chi connectivity index (χ2n) is 4.68. The molecule has 1 aliphatic rings. The molecule has 0 amide bonds. The number of hydrogen-bond acceptors (Lipinski definition) is 1. The number of hydrogen-bond donors (Lipinski definition) is 0. The average molecular weight is 213 g/mol. The molecule has 0 spiro atoms. The highest BCUT2D eigenvalue weighted by molar-refractivity contribution is 5.54. The summed E-state index contributed by atoms with van der Waals surface area (Å²) in [4.78, 5) is 2.50. The molecular weight excluding hydrogens is 194 g/mol. The standard InChI is InChI=1S/C15H19N/c1-4-14-8-9-15(11-12(14)2)16-10-6-5-7-13(16)3/h1,8-9,11,13H,5-7,10H2,2-3H3. The van der Waals surface area contributed by atoms with E-state index in [1.807, 2.05) is 0 Å². The zero-order valence-corrected chi connectivity index (χ0v) is 10.2. The molecular formula is C15H19N. The minimum atomic E-state index is 0.657. The maximum absolute atomic E-state index is 5.44. The molecule has 1 aliphatic heterocycles. The minimum Gasteiger partial charge on any atom is -0.369 e. The molecule has 1 heteroatoms. The lowest BCUT2D eigenvalue weighted by Gasteiger charge is -2.35. The van der Waals surface area contributed by atoms with E-state index in [-0.39, 0.29) is 0 Å². The van der Waals surface area contributed by atoms with Gasteiger partial charge in [0.25, 0.3) is 0 Å². The van der Waals surface area contributed by atoms with Gasteiger partial charge in [-0.2, -0.15) is 0 Å². The maximum Gasteiger partial charge on any atom is 0.0372 e. The summed E-state index contributed by atoms with van der Waals surface area (Å²) in [6.45, 7) is 5.58. The first kappa shape index (κ1) is 11.1. The molecule has 1 aromatic carbocycles. The zero-order valence-electron chi connectivity index (χ0n) is 10.2. The molecule has 0 radical (unpaired) electrons. The summed E-state index contributed by atoms with van der Waals surface area (Å²) < 4.78 is 0. The Bertz CT molecular complexity index is 414. The van der Waals surface area contributed by atoms with Gasteiger partial charge in [0.1, 0.15) is 0 Å². The van der Waals surface area contributed by atoms with Crippen LogP contribution in [0.3, 0.4) is 0 Å². The summed E-state index contributed by atoms with van der Waals surface area (Å²) >= 11 is 0. The number of aryl methyl sites for hydroxylation is 1. The highest BCUT2D eigenvalue weighted by Gasteiger charge is 2.18. The van der Waals surface area contributed by atoms with Crippen molar-refractivity contribution in [1.29, 1.82) is 0 Å². The molecule has 0 aromatic heterocycles. The third-order valence-electron chi connectivity index (χ3n) is 3.50. The summed E-state index contributed by atoms with van der Waals surface area (Å²) in [6, 6.07) is 7.09. The van der Waals surface area contributed by atoms with Crippen molar-refractivity contribution in [3.8, 4) is 12.3 Å². The van der Waals surface area contributed by atoms with E-state index in [0.29, 0.717) is 6.04 Å². The molecule has 1 atom stereocenters. The molecule has 0 N–H and O–H groups in total. The van der Waals surface area contributed by atoms with E-state index in [0.717, 1.165) is 5.56 Å². The Labute approximate surface area is 98.5 Å². The Morgan fingerprint density at radius 2 is 2.19 bits per heavy atom. The highest BCUT2D eigenvalue weighted by atomic mass is 15.2. The van der Waals surface area contributed by atoms with Crippen molar-refractivity contribution in [2.24, 2.45) is 0 Å². The fraction of sp³-hybridized carbons (Fsp3) is 0.467. The molecule has 1 unspecified atom stereocenters. The molecule has 1 heterocycles. The van der Waals surface area contributed by atoms with Crippen LogP contribution in [0, 0.1) is 19.3 Å². The summed E-state index contributed by atoms with van der Waals surface area (Å²) in [6.07, 6.45) is 9.41. The van der Waals surface area contributed by atoms with Crippen LogP contribution >= 0.6 is 0 Å². The molecule has 2 rings (SSSR count). The van der Waals surface area contributed by atoms with Crippen LogP contribution in [0.15, 0.2) is 18.2 Å². The molecule has 0 aliphatic carbocycles. The van der Waals surface area contributed by atoms with Gasteiger partial charge in [0.15, 0.2) is 0 Å². The fourth-order valence-electron chi connectivity index (χ4n) is 2.47. The van der Waals surface area contributed by atoms with Gasteiger partial charge in [-0.15, -0.1) is 6.42 Å². The van der Waals surface area contributed by atoms with Gasteiger partial charge in [0.2, 0.25) is 0 Å². The number of terminal acetylenes is 1. The summed E-state index contributed by atoms with van der Waals surface area (Å²) in [5, 5.41) is 0. The van der Waals surface area contributed by atoms with Crippen LogP contribution in [0.1, 0.15) is 37.3 Å². The van der Waals surface area contributed by atoms with Crippen LogP contribution in [0.25, 0.3) is 0 Å². The maximum atomic E-state index is 5.44. The van der Waals surface area contributed by atoms with Crippen LogP contribution in [0.5, 0.6) is 0 Å².